The van der Waals surface area contributed by atoms with Crippen LogP contribution in [0.3, 0.4) is 0 Å². The highest BCUT2D eigenvalue weighted by Crippen LogP contribution is 2.24. The molecule has 0 fully saturated rings. The van der Waals surface area contributed by atoms with Gasteiger partial charge in [-0.2, -0.15) is 0 Å². The van der Waals surface area contributed by atoms with E-state index >= 15 is 0 Å². The molecule has 112 valence electrons. The lowest BCUT2D eigenvalue weighted by Gasteiger charge is -2.19. The number of aryl methyl sites for hydroxylation is 1. The molecule has 0 aliphatic rings. The molecule has 1 N–H and O–H groups in total. The number of rotatable bonds is 4. The smallest absolute Gasteiger partial charge is 0.119 e. The summed E-state index contributed by atoms with van der Waals surface area (Å²) in [6.07, 6.45) is 0. The third kappa shape index (κ3) is 4.01. The van der Waals surface area contributed by atoms with Gasteiger partial charge in [0.2, 0.25) is 0 Å². The second-order valence-electron chi connectivity index (χ2n) is 6.48. The molecule has 0 amide bonds. The maximum atomic E-state index is 5.23. The van der Waals surface area contributed by atoms with E-state index in [0.29, 0.717) is 0 Å². The number of hydrogen-bond donors (Lipinski definition) is 1. The highest BCUT2D eigenvalue weighted by molar-refractivity contribution is 5.53. The molecule has 2 rings (SSSR count). The predicted octanol–water partition coefficient (Wildman–Crippen LogP) is 4.91. The van der Waals surface area contributed by atoms with Crippen LogP contribution in [-0.2, 0) is 12.0 Å². The molecule has 2 heteroatoms. The minimum absolute atomic E-state index is 0.207. The van der Waals surface area contributed by atoms with Crippen LogP contribution in [0.25, 0.3) is 0 Å². The van der Waals surface area contributed by atoms with E-state index in [2.05, 4.69) is 63.3 Å². The molecule has 0 aliphatic carbocycles. The zero-order chi connectivity index (χ0) is 15.5. The largest absolute Gasteiger partial charge is 0.497 e. The van der Waals surface area contributed by atoms with Gasteiger partial charge in [-0.25, -0.2) is 0 Å². The minimum Gasteiger partial charge on any atom is -0.497 e. The van der Waals surface area contributed by atoms with Crippen LogP contribution in [0.5, 0.6) is 5.75 Å². The molecule has 0 bridgehead atoms. The number of methoxy groups -OCH3 is 1. The number of benzene rings is 2. The highest BCUT2D eigenvalue weighted by Gasteiger charge is 2.12. The first-order valence-electron chi connectivity index (χ1n) is 7.38. The van der Waals surface area contributed by atoms with E-state index in [1.165, 1.54) is 16.7 Å². The maximum absolute atomic E-state index is 5.23. The summed E-state index contributed by atoms with van der Waals surface area (Å²) in [5, 5.41) is 3.48. The monoisotopic (exact) mass is 283 g/mol. The molecule has 0 heterocycles. The fourth-order valence-corrected chi connectivity index (χ4v) is 2.28. The zero-order valence-corrected chi connectivity index (χ0v) is 13.7. The first-order valence-corrected chi connectivity index (χ1v) is 7.38. The van der Waals surface area contributed by atoms with E-state index in [1.807, 2.05) is 12.1 Å². The predicted molar refractivity (Wildman–Crippen MR) is 90.2 cm³/mol. The molecule has 0 atom stereocenters. The van der Waals surface area contributed by atoms with Crippen molar-refractivity contribution in [3.63, 3.8) is 0 Å². The molecular formula is C19H25NO. The second-order valence-corrected chi connectivity index (χ2v) is 6.48. The number of nitrogens with one attached hydrogen (secondary N) is 1. The van der Waals surface area contributed by atoms with E-state index in [9.17, 15) is 0 Å². The Morgan fingerprint density at radius 3 is 2.19 bits per heavy atom. The van der Waals surface area contributed by atoms with E-state index in [0.717, 1.165) is 18.0 Å². The van der Waals surface area contributed by atoms with Gasteiger partial charge in [0.15, 0.2) is 0 Å². The molecule has 0 saturated heterocycles. The van der Waals surface area contributed by atoms with E-state index in [1.54, 1.807) is 7.11 Å². The molecule has 21 heavy (non-hydrogen) atoms. The topological polar surface area (TPSA) is 21.3 Å². The minimum atomic E-state index is 0.207. The van der Waals surface area contributed by atoms with Crippen LogP contribution < -0.4 is 10.1 Å². The van der Waals surface area contributed by atoms with Gasteiger partial charge in [-0.15, -0.1) is 0 Å². The molecule has 2 aromatic carbocycles. The average Bonchev–Trinajstić information content (AvgIpc) is 2.45. The normalized spacial score (nSPS) is 11.3. The van der Waals surface area contributed by atoms with Crippen LogP contribution in [0.4, 0.5) is 5.69 Å². The summed E-state index contributed by atoms with van der Waals surface area (Å²) in [4.78, 5) is 0. The van der Waals surface area contributed by atoms with Gasteiger partial charge < -0.3 is 10.1 Å². The fraction of sp³-hybridized carbons (Fsp3) is 0.368. The third-order valence-corrected chi connectivity index (χ3v) is 3.74. The second kappa shape index (κ2) is 6.21. The Hall–Kier alpha value is -1.96. The lowest BCUT2D eigenvalue weighted by Crippen LogP contribution is -2.11. The van der Waals surface area contributed by atoms with Crippen molar-refractivity contribution in [2.45, 2.75) is 39.7 Å². The molecule has 2 nitrogen and oxygen atoms in total. The lowest BCUT2D eigenvalue weighted by molar-refractivity contribution is 0.414. The maximum Gasteiger partial charge on any atom is 0.119 e. The summed E-state index contributed by atoms with van der Waals surface area (Å²) in [5.74, 6) is 0.896. The summed E-state index contributed by atoms with van der Waals surface area (Å²) in [6, 6.07) is 14.9. The average molecular weight is 283 g/mol. The molecular weight excluding hydrogens is 258 g/mol. The standard InChI is InChI=1S/C19H25NO/c1-14-12-17(21-5)10-11-18(14)20-13-15-6-8-16(9-7-15)19(2,3)4/h6-12,20H,13H2,1-5H3. The van der Waals surface area contributed by atoms with Crippen molar-refractivity contribution in [3.05, 3.63) is 59.2 Å². The molecule has 2 aromatic rings. The van der Waals surface area contributed by atoms with Crippen LogP contribution >= 0.6 is 0 Å². The first kappa shape index (κ1) is 15.4. The zero-order valence-electron chi connectivity index (χ0n) is 13.7. The summed E-state index contributed by atoms with van der Waals surface area (Å²) < 4.78 is 5.23. The van der Waals surface area contributed by atoms with E-state index in [-0.39, 0.29) is 5.41 Å². The van der Waals surface area contributed by atoms with Gasteiger partial charge in [-0.3, -0.25) is 0 Å². The Morgan fingerprint density at radius 2 is 1.67 bits per heavy atom. The summed E-state index contributed by atoms with van der Waals surface area (Å²) in [5.41, 5.74) is 5.21. The molecule has 0 aliphatic heterocycles. The van der Waals surface area contributed by atoms with E-state index < -0.39 is 0 Å². The number of ether oxygens (including phenoxy) is 1. The van der Waals surface area contributed by atoms with Crippen LogP contribution in [0.2, 0.25) is 0 Å². The van der Waals surface area contributed by atoms with Gasteiger partial charge >= 0.3 is 0 Å². The molecule has 0 saturated carbocycles. The van der Waals surface area contributed by atoms with Crippen LogP contribution in [0, 0.1) is 6.92 Å². The Balaban J connectivity index is 2.03. The van der Waals surface area contributed by atoms with Gasteiger partial charge in [-0.05, 0) is 47.2 Å². The van der Waals surface area contributed by atoms with Crippen LogP contribution in [0.15, 0.2) is 42.5 Å². The summed E-state index contributed by atoms with van der Waals surface area (Å²) in [7, 11) is 1.69. The van der Waals surface area contributed by atoms with Crippen molar-refractivity contribution in [2.75, 3.05) is 12.4 Å². The van der Waals surface area contributed by atoms with Crippen molar-refractivity contribution >= 4 is 5.69 Å². The Labute approximate surface area is 128 Å². The van der Waals surface area contributed by atoms with Crippen LogP contribution in [0.1, 0.15) is 37.5 Å². The number of hydrogen-bond acceptors (Lipinski definition) is 2. The third-order valence-electron chi connectivity index (χ3n) is 3.74. The molecule has 0 radical (unpaired) electrons. The van der Waals surface area contributed by atoms with Crippen LogP contribution in [-0.4, -0.2) is 7.11 Å². The van der Waals surface area contributed by atoms with Crippen molar-refractivity contribution in [2.24, 2.45) is 0 Å². The van der Waals surface area contributed by atoms with Gasteiger partial charge in [0.05, 0.1) is 7.11 Å². The van der Waals surface area contributed by atoms with Gasteiger partial charge in [0.25, 0.3) is 0 Å². The Morgan fingerprint density at radius 1 is 1.00 bits per heavy atom. The van der Waals surface area contributed by atoms with Gasteiger partial charge in [0.1, 0.15) is 5.75 Å². The molecule has 0 spiro atoms. The van der Waals surface area contributed by atoms with Crippen molar-refractivity contribution in [3.8, 4) is 5.75 Å². The Bertz CT molecular complexity index is 594. The summed E-state index contributed by atoms with van der Waals surface area (Å²) in [6.45, 7) is 9.63. The first-order chi connectivity index (χ1) is 9.90. The van der Waals surface area contributed by atoms with Crippen molar-refractivity contribution in [1.82, 2.24) is 0 Å². The van der Waals surface area contributed by atoms with Crippen molar-refractivity contribution < 1.29 is 4.74 Å². The molecule has 0 aromatic heterocycles. The number of anilines is 1. The quantitative estimate of drug-likeness (QED) is 0.860. The van der Waals surface area contributed by atoms with E-state index in [4.69, 9.17) is 4.74 Å². The summed E-state index contributed by atoms with van der Waals surface area (Å²) >= 11 is 0. The van der Waals surface area contributed by atoms with Gasteiger partial charge in [0, 0.05) is 12.2 Å². The fourth-order valence-electron chi connectivity index (χ4n) is 2.28. The lowest BCUT2D eigenvalue weighted by atomic mass is 9.87. The highest BCUT2D eigenvalue weighted by atomic mass is 16.5. The Kier molecular flexibility index (Phi) is 4.56. The SMILES string of the molecule is COc1ccc(NCc2ccc(C(C)(C)C)cc2)c(C)c1. The molecule has 0 unspecified atom stereocenters. The van der Waals surface area contributed by atoms with Gasteiger partial charge in [-0.1, -0.05) is 45.0 Å². The van der Waals surface area contributed by atoms with Crippen molar-refractivity contribution in [1.29, 1.82) is 0 Å².